The SMILES string of the molecule is CCOC(=O)CC(O)CI. The van der Waals surface area contributed by atoms with E-state index in [1.807, 2.05) is 22.6 Å². The molecule has 0 amide bonds. The van der Waals surface area contributed by atoms with E-state index in [1.54, 1.807) is 6.92 Å². The zero-order chi connectivity index (χ0) is 7.98. The molecule has 0 aromatic rings. The maximum Gasteiger partial charge on any atom is 0.308 e. The molecule has 1 N–H and O–H groups in total. The Bertz CT molecular complexity index is 105. The van der Waals surface area contributed by atoms with Crippen LogP contribution in [0.25, 0.3) is 0 Å². The number of alkyl halides is 1. The normalized spacial score (nSPS) is 12.7. The molecule has 4 heteroatoms. The van der Waals surface area contributed by atoms with Gasteiger partial charge >= 0.3 is 5.97 Å². The predicted octanol–water partition coefficient (Wildman–Crippen LogP) is 0.736. The number of rotatable bonds is 4. The zero-order valence-corrected chi connectivity index (χ0v) is 8.00. The molecule has 0 saturated carbocycles. The van der Waals surface area contributed by atoms with Gasteiger partial charge in [-0.15, -0.1) is 0 Å². The van der Waals surface area contributed by atoms with E-state index in [0.717, 1.165) is 0 Å². The third-order valence-electron chi connectivity index (χ3n) is 0.886. The van der Waals surface area contributed by atoms with Gasteiger partial charge in [-0.25, -0.2) is 0 Å². The lowest BCUT2D eigenvalue weighted by molar-refractivity contribution is -0.144. The molecule has 10 heavy (non-hydrogen) atoms. The van der Waals surface area contributed by atoms with Crippen LogP contribution in [0.5, 0.6) is 0 Å². The van der Waals surface area contributed by atoms with Gasteiger partial charge in [-0.1, -0.05) is 22.6 Å². The molecule has 0 radical (unpaired) electrons. The van der Waals surface area contributed by atoms with Crippen LogP contribution in [0, 0.1) is 0 Å². The van der Waals surface area contributed by atoms with Crippen molar-refractivity contribution in [1.29, 1.82) is 0 Å². The van der Waals surface area contributed by atoms with E-state index in [-0.39, 0.29) is 12.4 Å². The van der Waals surface area contributed by atoms with Gasteiger partial charge in [0.25, 0.3) is 0 Å². The second-order valence-electron chi connectivity index (χ2n) is 1.82. The van der Waals surface area contributed by atoms with Crippen LogP contribution < -0.4 is 0 Å². The Morgan fingerprint density at radius 2 is 2.40 bits per heavy atom. The molecule has 0 bridgehead atoms. The van der Waals surface area contributed by atoms with Crippen molar-refractivity contribution in [2.45, 2.75) is 19.4 Å². The molecule has 0 aliphatic carbocycles. The first-order chi connectivity index (χ1) is 4.70. The second-order valence-corrected chi connectivity index (χ2v) is 2.70. The molecule has 0 aromatic heterocycles. The fourth-order valence-electron chi connectivity index (χ4n) is 0.467. The number of esters is 1. The Morgan fingerprint density at radius 3 is 2.80 bits per heavy atom. The smallest absolute Gasteiger partial charge is 0.308 e. The van der Waals surface area contributed by atoms with Crippen molar-refractivity contribution in [3.8, 4) is 0 Å². The minimum Gasteiger partial charge on any atom is -0.466 e. The first-order valence-corrected chi connectivity index (χ1v) is 4.63. The summed E-state index contributed by atoms with van der Waals surface area (Å²) in [6.07, 6.45) is -0.448. The Labute approximate surface area is 73.9 Å². The lowest BCUT2D eigenvalue weighted by atomic mass is 10.3. The third kappa shape index (κ3) is 4.99. The quantitative estimate of drug-likeness (QED) is 0.459. The topological polar surface area (TPSA) is 46.5 Å². The molecule has 1 unspecified atom stereocenters. The maximum atomic E-state index is 10.6. The highest BCUT2D eigenvalue weighted by atomic mass is 127. The number of ether oxygens (including phenoxy) is 1. The van der Waals surface area contributed by atoms with Crippen LogP contribution in [0.15, 0.2) is 0 Å². The van der Waals surface area contributed by atoms with Crippen molar-refractivity contribution >= 4 is 28.6 Å². The third-order valence-corrected chi connectivity index (χ3v) is 1.90. The van der Waals surface area contributed by atoms with Gasteiger partial charge in [-0.2, -0.15) is 0 Å². The summed E-state index contributed by atoms with van der Waals surface area (Å²) in [6, 6.07) is 0. The predicted molar refractivity (Wildman–Crippen MR) is 46.1 cm³/mol. The van der Waals surface area contributed by atoms with Gasteiger partial charge in [0.15, 0.2) is 0 Å². The van der Waals surface area contributed by atoms with Crippen LogP contribution in [0.4, 0.5) is 0 Å². The van der Waals surface area contributed by atoms with Crippen molar-refractivity contribution in [2.75, 3.05) is 11.0 Å². The number of carbonyl (C=O) groups excluding carboxylic acids is 1. The van der Waals surface area contributed by atoms with Gasteiger partial charge in [0, 0.05) is 4.43 Å². The van der Waals surface area contributed by atoms with E-state index in [0.29, 0.717) is 11.0 Å². The van der Waals surface area contributed by atoms with Crippen molar-refractivity contribution in [3.63, 3.8) is 0 Å². The van der Waals surface area contributed by atoms with Crippen LogP contribution in [-0.4, -0.2) is 28.2 Å². The lowest BCUT2D eigenvalue weighted by Crippen LogP contribution is -2.16. The minimum atomic E-state index is -0.556. The summed E-state index contributed by atoms with van der Waals surface area (Å²) in [5.41, 5.74) is 0. The van der Waals surface area contributed by atoms with Crippen molar-refractivity contribution in [3.05, 3.63) is 0 Å². The summed E-state index contributed by atoms with van der Waals surface area (Å²) in [5, 5.41) is 8.95. The number of hydrogen-bond acceptors (Lipinski definition) is 3. The highest BCUT2D eigenvalue weighted by Gasteiger charge is 2.08. The fourth-order valence-corrected chi connectivity index (χ4v) is 0.778. The van der Waals surface area contributed by atoms with E-state index in [1.165, 1.54) is 0 Å². The van der Waals surface area contributed by atoms with Gasteiger partial charge in [-0.05, 0) is 6.92 Å². The van der Waals surface area contributed by atoms with Crippen LogP contribution in [0.1, 0.15) is 13.3 Å². The number of hydrogen-bond donors (Lipinski definition) is 1. The number of halogens is 1. The fraction of sp³-hybridized carbons (Fsp3) is 0.833. The van der Waals surface area contributed by atoms with E-state index in [4.69, 9.17) is 5.11 Å². The van der Waals surface area contributed by atoms with Crippen LogP contribution >= 0.6 is 22.6 Å². The van der Waals surface area contributed by atoms with E-state index in [9.17, 15) is 4.79 Å². The summed E-state index contributed by atoms with van der Waals surface area (Å²) >= 11 is 2.02. The first kappa shape index (κ1) is 10.2. The molecule has 0 spiro atoms. The van der Waals surface area contributed by atoms with Gasteiger partial charge in [0.2, 0.25) is 0 Å². The van der Waals surface area contributed by atoms with Crippen molar-refractivity contribution in [2.24, 2.45) is 0 Å². The summed E-state index contributed by atoms with van der Waals surface area (Å²) in [5.74, 6) is -0.327. The molecule has 0 saturated heterocycles. The second kappa shape index (κ2) is 5.91. The number of aliphatic hydroxyl groups excluding tert-OH is 1. The zero-order valence-electron chi connectivity index (χ0n) is 5.84. The molecule has 0 aromatic carbocycles. The average Bonchev–Trinajstić information content (AvgIpc) is 1.88. The number of aliphatic hydroxyl groups is 1. The van der Waals surface area contributed by atoms with Crippen LogP contribution in [-0.2, 0) is 9.53 Å². The summed E-state index contributed by atoms with van der Waals surface area (Å²) in [7, 11) is 0. The standard InChI is InChI=1S/C6H11IO3/c1-2-10-6(9)3-5(8)4-7/h5,8H,2-4H2,1H3. The molecule has 0 rings (SSSR count). The molecular weight excluding hydrogens is 247 g/mol. The molecule has 60 valence electrons. The van der Waals surface area contributed by atoms with Crippen molar-refractivity contribution in [1.82, 2.24) is 0 Å². The van der Waals surface area contributed by atoms with Gasteiger partial charge in [-0.3, -0.25) is 4.79 Å². The lowest BCUT2D eigenvalue weighted by Gasteiger charge is -2.04. The Kier molecular flexibility index (Phi) is 6.00. The molecule has 0 heterocycles. The Morgan fingerprint density at radius 1 is 1.80 bits per heavy atom. The van der Waals surface area contributed by atoms with E-state index < -0.39 is 6.10 Å². The maximum absolute atomic E-state index is 10.6. The first-order valence-electron chi connectivity index (χ1n) is 3.10. The molecular formula is C6H11IO3. The van der Waals surface area contributed by atoms with Gasteiger partial charge in [0.1, 0.15) is 0 Å². The van der Waals surface area contributed by atoms with E-state index >= 15 is 0 Å². The largest absolute Gasteiger partial charge is 0.466 e. The minimum absolute atomic E-state index is 0.108. The van der Waals surface area contributed by atoms with Crippen molar-refractivity contribution < 1.29 is 14.6 Å². The summed E-state index contributed by atoms with van der Waals surface area (Å²) < 4.78 is 5.18. The van der Waals surface area contributed by atoms with Crippen LogP contribution in [0.3, 0.4) is 0 Å². The Hall–Kier alpha value is 0.160. The highest BCUT2D eigenvalue weighted by molar-refractivity contribution is 14.1. The van der Waals surface area contributed by atoms with E-state index in [2.05, 4.69) is 4.74 Å². The molecule has 0 aliphatic rings. The van der Waals surface area contributed by atoms with Gasteiger partial charge < -0.3 is 9.84 Å². The monoisotopic (exact) mass is 258 g/mol. The summed E-state index contributed by atoms with van der Waals surface area (Å²) in [4.78, 5) is 10.6. The average molecular weight is 258 g/mol. The number of carbonyl (C=O) groups is 1. The molecule has 3 nitrogen and oxygen atoms in total. The Balaban J connectivity index is 3.37. The van der Waals surface area contributed by atoms with Gasteiger partial charge in [0.05, 0.1) is 19.1 Å². The molecule has 1 atom stereocenters. The molecule has 0 fully saturated rings. The van der Waals surface area contributed by atoms with Crippen LogP contribution in [0.2, 0.25) is 0 Å². The highest BCUT2D eigenvalue weighted by Crippen LogP contribution is 1.98. The summed E-state index contributed by atoms with van der Waals surface area (Å²) in [6.45, 7) is 2.13. The molecule has 0 aliphatic heterocycles.